The molecule has 0 aromatic heterocycles. The molecule has 6 heteroatoms. The molecular weight excluding hydrogens is 260 g/mol. The SMILES string of the molecule is COc1cc(NC(=O)C2(C)COCC2N)cc(OC)c1. The summed E-state index contributed by atoms with van der Waals surface area (Å²) in [6, 6.07) is 4.88. The van der Waals surface area contributed by atoms with Crippen molar-refractivity contribution < 1.29 is 19.0 Å². The third kappa shape index (κ3) is 2.71. The largest absolute Gasteiger partial charge is 0.497 e. The maximum absolute atomic E-state index is 12.4. The van der Waals surface area contributed by atoms with E-state index in [2.05, 4.69) is 5.32 Å². The molecular formula is C14H20N2O4. The van der Waals surface area contributed by atoms with Crippen LogP contribution in [0.1, 0.15) is 6.92 Å². The number of nitrogens with one attached hydrogen (secondary N) is 1. The van der Waals surface area contributed by atoms with Gasteiger partial charge in [0.1, 0.15) is 11.5 Å². The van der Waals surface area contributed by atoms with Gasteiger partial charge in [-0.3, -0.25) is 4.79 Å². The van der Waals surface area contributed by atoms with Gasteiger partial charge in [0.25, 0.3) is 0 Å². The molecule has 2 rings (SSSR count). The number of amides is 1. The molecule has 20 heavy (non-hydrogen) atoms. The Morgan fingerprint density at radius 1 is 1.35 bits per heavy atom. The zero-order chi connectivity index (χ0) is 14.8. The van der Waals surface area contributed by atoms with Crippen molar-refractivity contribution in [2.75, 3.05) is 32.8 Å². The maximum atomic E-state index is 12.4. The van der Waals surface area contributed by atoms with Crippen molar-refractivity contribution in [3.63, 3.8) is 0 Å². The van der Waals surface area contributed by atoms with E-state index in [-0.39, 0.29) is 11.9 Å². The quantitative estimate of drug-likeness (QED) is 0.860. The number of carbonyl (C=O) groups is 1. The standard InChI is InChI=1S/C14H20N2O4/c1-14(8-20-7-12(14)15)13(17)16-9-4-10(18-2)6-11(5-9)19-3/h4-6,12H,7-8,15H2,1-3H3,(H,16,17). The molecule has 2 unspecified atom stereocenters. The Labute approximate surface area is 118 Å². The Morgan fingerprint density at radius 3 is 2.40 bits per heavy atom. The van der Waals surface area contributed by atoms with Crippen molar-refractivity contribution in [1.82, 2.24) is 0 Å². The Bertz CT molecular complexity index is 484. The lowest BCUT2D eigenvalue weighted by Crippen LogP contribution is -2.47. The van der Waals surface area contributed by atoms with Gasteiger partial charge in [0.2, 0.25) is 5.91 Å². The van der Waals surface area contributed by atoms with E-state index in [1.165, 1.54) is 0 Å². The Morgan fingerprint density at radius 2 is 1.95 bits per heavy atom. The van der Waals surface area contributed by atoms with Crippen molar-refractivity contribution in [2.24, 2.45) is 11.1 Å². The van der Waals surface area contributed by atoms with E-state index in [1.807, 2.05) is 0 Å². The lowest BCUT2D eigenvalue weighted by atomic mass is 9.85. The molecule has 3 N–H and O–H groups in total. The van der Waals surface area contributed by atoms with Crippen molar-refractivity contribution in [1.29, 1.82) is 0 Å². The van der Waals surface area contributed by atoms with E-state index < -0.39 is 5.41 Å². The first-order chi connectivity index (χ1) is 9.49. The highest BCUT2D eigenvalue weighted by atomic mass is 16.5. The third-order valence-electron chi connectivity index (χ3n) is 3.65. The van der Waals surface area contributed by atoms with Crippen LogP contribution in [0.15, 0.2) is 18.2 Å². The predicted octanol–water partition coefficient (Wildman–Crippen LogP) is 1.01. The summed E-state index contributed by atoms with van der Waals surface area (Å²) in [5, 5.41) is 2.85. The highest BCUT2D eigenvalue weighted by Crippen LogP contribution is 2.31. The highest BCUT2D eigenvalue weighted by Gasteiger charge is 2.44. The second-order valence-electron chi connectivity index (χ2n) is 5.09. The van der Waals surface area contributed by atoms with Crippen LogP contribution in [0, 0.1) is 5.41 Å². The Balaban J connectivity index is 2.19. The summed E-state index contributed by atoms with van der Waals surface area (Å²) in [5.41, 5.74) is 5.82. The van der Waals surface area contributed by atoms with Gasteiger partial charge >= 0.3 is 0 Å². The number of benzene rings is 1. The normalized spacial score (nSPS) is 25.3. The molecule has 0 spiro atoms. The molecule has 0 aliphatic carbocycles. The lowest BCUT2D eigenvalue weighted by Gasteiger charge is -2.25. The predicted molar refractivity (Wildman–Crippen MR) is 75.1 cm³/mol. The van der Waals surface area contributed by atoms with Gasteiger partial charge in [0.15, 0.2) is 0 Å². The molecule has 1 aromatic carbocycles. The van der Waals surface area contributed by atoms with Gasteiger partial charge in [-0.2, -0.15) is 0 Å². The van der Waals surface area contributed by atoms with Crippen LogP contribution in [0.3, 0.4) is 0 Å². The van der Waals surface area contributed by atoms with E-state index in [1.54, 1.807) is 39.3 Å². The summed E-state index contributed by atoms with van der Waals surface area (Å²) in [6.45, 7) is 2.52. The van der Waals surface area contributed by atoms with Crippen LogP contribution >= 0.6 is 0 Å². The van der Waals surface area contributed by atoms with Crippen LogP contribution in [-0.2, 0) is 9.53 Å². The highest BCUT2D eigenvalue weighted by molar-refractivity contribution is 5.96. The van der Waals surface area contributed by atoms with Crippen molar-refractivity contribution >= 4 is 11.6 Å². The van der Waals surface area contributed by atoms with Crippen LogP contribution in [0.4, 0.5) is 5.69 Å². The lowest BCUT2D eigenvalue weighted by molar-refractivity contribution is -0.125. The third-order valence-corrected chi connectivity index (χ3v) is 3.65. The zero-order valence-corrected chi connectivity index (χ0v) is 11.9. The van der Waals surface area contributed by atoms with E-state index >= 15 is 0 Å². The summed E-state index contributed by atoms with van der Waals surface area (Å²) in [5.74, 6) is 1.05. The molecule has 0 bridgehead atoms. The molecule has 1 aliphatic heterocycles. The number of anilines is 1. The molecule has 1 heterocycles. The van der Waals surface area contributed by atoms with Crippen LogP contribution in [-0.4, -0.2) is 39.4 Å². The number of rotatable bonds is 4. The van der Waals surface area contributed by atoms with Gasteiger partial charge in [0.05, 0.1) is 32.8 Å². The minimum absolute atomic E-state index is 0.169. The van der Waals surface area contributed by atoms with Gasteiger partial charge < -0.3 is 25.3 Å². The number of hydrogen-bond donors (Lipinski definition) is 2. The zero-order valence-electron chi connectivity index (χ0n) is 11.9. The molecule has 110 valence electrons. The Hall–Kier alpha value is -1.79. The monoisotopic (exact) mass is 280 g/mol. The fraction of sp³-hybridized carbons (Fsp3) is 0.500. The van der Waals surface area contributed by atoms with Crippen LogP contribution in [0.5, 0.6) is 11.5 Å². The summed E-state index contributed by atoms with van der Waals surface area (Å²) in [6.07, 6.45) is 0. The topological polar surface area (TPSA) is 82.8 Å². The molecule has 6 nitrogen and oxygen atoms in total. The van der Waals surface area contributed by atoms with Gasteiger partial charge in [-0.05, 0) is 6.92 Å². The Kier molecular flexibility index (Phi) is 4.15. The molecule has 1 aliphatic rings. The smallest absolute Gasteiger partial charge is 0.234 e. The fourth-order valence-electron chi connectivity index (χ4n) is 2.08. The van der Waals surface area contributed by atoms with Gasteiger partial charge in [-0.25, -0.2) is 0 Å². The first-order valence-electron chi connectivity index (χ1n) is 6.37. The van der Waals surface area contributed by atoms with Crippen molar-refractivity contribution in [3.8, 4) is 11.5 Å². The molecule has 1 saturated heterocycles. The molecule has 0 radical (unpaired) electrons. The van der Waals surface area contributed by atoms with Crippen LogP contribution in [0.25, 0.3) is 0 Å². The average molecular weight is 280 g/mol. The number of carbonyl (C=O) groups excluding carboxylic acids is 1. The molecule has 1 amide bonds. The van der Waals surface area contributed by atoms with E-state index in [4.69, 9.17) is 19.9 Å². The molecule has 2 atom stereocenters. The first-order valence-corrected chi connectivity index (χ1v) is 6.37. The van der Waals surface area contributed by atoms with Crippen molar-refractivity contribution in [3.05, 3.63) is 18.2 Å². The van der Waals surface area contributed by atoms with Crippen molar-refractivity contribution in [2.45, 2.75) is 13.0 Å². The average Bonchev–Trinajstić information content (AvgIpc) is 2.79. The summed E-state index contributed by atoms with van der Waals surface area (Å²) in [7, 11) is 3.12. The van der Waals surface area contributed by atoms with E-state index in [9.17, 15) is 4.79 Å². The number of nitrogens with two attached hydrogens (primary N) is 1. The van der Waals surface area contributed by atoms with Crippen LogP contribution < -0.4 is 20.5 Å². The molecule has 0 saturated carbocycles. The summed E-state index contributed by atoms with van der Waals surface area (Å²) >= 11 is 0. The van der Waals surface area contributed by atoms with Gasteiger partial charge in [-0.15, -0.1) is 0 Å². The minimum Gasteiger partial charge on any atom is -0.497 e. The molecule has 1 fully saturated rings. The van der Waals surface area contributed by atoms with Gasteiger partial charge in [-0.1, -0.05) is 0 Å². The second kappa shape index (κ2) is 5.68. The fourth-order valence-corrected chi connectivity index (χ4v) is 2.08. The molecule has 1 aromatic rings. The van der Waals surface area contributed by atoms with E-state index in [0.717, 1.165) is 0 Å². The number of methoxy groups -OCH3 is 2. The first kappa shape index (κ1) is 14.6. The summed E-state index contributed by atoms with van der Waals surface area (Å²) in [4.78, 5) is 12.4. The van der Waals surface area contributed by atoms with E-state index in [0.29, 0.717) is 30.4 Å². The maximum Gasteiger partial charge on any atom is 0.234 e. The van der Waals surface area contributed by atoms with Gasteiger partial charge in [0, 0.05) is 29.9 Å². The minimum atomic E-state index is -0.726. The second-order valence-corrected chi connectivity index (χ2v) is 5.09. The number of hydrogen-bond acceptors (Lipinski definition) is 5. The number of ether oxygens (including phenoxy) is 3. The summed E-state index contributed by atoms with van der Waals surface area (Å²) < 4.78 is 15.6. The van der Waals surface area contributed by atoms with Crippen LogP contribution in [0.2, 0.25) is 0 Å².